The molecule has 0 aromatic heterocycles. The number of anilines is 1. The average molecular weight is 344 g/mol. The first-order valence-corrected chi connectivity index (χ1v) is 8.06. The van der Waals surface area contributed by atoms with Gasteiger partial charge in [0, 0.05) is 37.3 Å². The number of benzene rings is 2. The lowest BCUT2D eigenvalue weighted by atomic mass is 10.1. The monoisotopic (exact) mass is 344 g/mol. The van der Waals surface area contributed by atoms with Gasteiger partial charge in [0.1, 0.15) is 11.6 Å². The van der Waals surface area contributed by atoms with Gasteiger partial charge >= 0.3 is 0 Å². The molecule has 6 heteroatoms. The Kier molecular flexibility index (Phi) is 4.79. The number of carbonyl (C=O) groups excluding carboxylic acids is 2. The lowest BCUT2D eigenvalue weighted by Gasteiger charge is -2.36. The minimum Gasteiger partial charge on any atom is -0.366 e. The van der Waals surface area contributed by atoms with Crippen LogP contribution in [0.1, 0.15) is 27.6 Å². The second-order valence-corrected chi connectivity index (χ2v) is 6.01. The van der Waals surface area contributed by atoms with Gasteiger partial charge in [0.2, 0.25) is 0 Å². The molecule has 1 aliphatic heterocycles. The summed E-state index contributed by atoms with van der Waals surface area (Å²) in [5, 5.41) is 0. The molecule has 0 N–H and O–H groups in total. The third-order valence-corrected chi connectivity index (χ3v) is 4.33. The van der Waals surface area contributed by atoms with E-state index in [0.717, 1.165) is 0 Å². The number of Topliss-reactive ketones (excluding diaryl/α,β-unsaturated/α-hetero) is 1. The van der Waals surface area contributed by atoms with Crippen molar-refractivity contribution >= 4 is 17.4 Å². The van der Waals surface area contributed by atoms with Crippen LogP contribution in [-0.4, -0.2) is 42.8 Å². The van der Waals surface area contributed by atoms with E-state index in [2.05, 4.69) is 0 Å². The van der Waals surface area contributed by atoms with Gasteiger partial charge < -0.3 is 9.80 Å². The second-order valence-electron chi connectivity index (χ2n) is 6.01. The van der Waals surface area contributed by atoms with Crippen LogP contribution in [0.4, 0.5) is 14.5 Å². The maximum absolute atomic E-state index is 14.2. The highest BCUT2D eigenvalue weighted by atomic mass is 19.1. The minimum absolute atomic E-state index is 0.184. The summed E-state index contributed by atoms with van der Waals surface area (Å²) in [5.41, 5.74) is 1.06. The molecule has 1 heterocycles. The number of piperazine rings is 1. The highest BCUT2D eigenvalue weighted by Gasteiger charge is 2.24. The van der Waals surface area contributed by atoms with Crippen LogP contribution in [0, 0.1) is 11.6 Å². The fourth-order valence-corrected chi connectivity index (χ4v) is 2.94. The van der Waals surface area contributed by atoms with Crippen LogP contribution in [-0.2, 0) is 0 Å². The Hall–Kier alpha value is -2.76. The van der Waals surface area contributed by atoms with Gasteiger partial charge in [0.25, 0.3) is 5.91 Å². The molecule has 2 aromatic rings. The summed E-state index contributed by atoms with van der Waals surface area (Å²) in [5.74, 6) is -1.31. The molecule has 0 bridgehead atoms. The largest absolute Gasteiger partial charge is 0.366 e. The summed E-state index contributed by atoms with van der Waals surface area (Å²) < 4.78 is 27.5. The van der Waals surface area contributed by atoms with E-state index in [-0.39, 0.29) is 11.7 Å². The van der Waals surface area contributed by atoms with E-state index in [1.807, 2.05) is 4.90 Å². The topological polar surface area (TPSA) is 40.6 Å². The van der Waals surface area contributed by atoms with Gasteiger partial charge in [-0.15, -0.1) is 0 Å². The van der Waals surface area contributed by atoms with E-state index in [0.29, 0.717) is 43.0 Å². The van der Waals surface area contributed by atoms with Gasteiger partial charge in [-0.1, -0.05) is 6.07 Å². The average Bonchev–Trinajstić information content (AvgIpc) is 2.61. The Morgan fingerprint density at radius 1 is 0.920 bits per heavy atom. The van der Waals surface area contributed by atoms with Crippen molar-refractivity contribution in [2.24, 2.45) is 0 Å². The van der Waals surface area contributed by atoms with E-state index in [1.165, 1.54) is 31.2 Å². The van der Waals surface area contributed by atoms with Crippen molar-refractivity contribution in [1.29, 1.82) is 0 Å². The van der Waals surface area contributed by atoms with E-state index in [1.54, 1.807) is 23.1 Å². The molecule has 0 saturated carbocycles. The van der Waals surface area contributed by atoms with Crippen molar-refractivity contribution in [3.05, 3.63) is 65.2 Å². The first kappa shape index (κ1) is 17.1. The van der Waals surface area contributed by atoms with Crippen molar-refractivity contribution in [3.63, 3.8) is 0 Å². The molecule has 1 saturated heterocycles. The molecule has 2 aromatic carbocycles. The minimum atomic E-state index is -0.447. The Labute approximate surface area is 144 Å². The third-order valence-electron chi connectivity index (χ3n) is 4.33. The lowest BCUT2D eigenvalue weighted by molar-refractivity contribution is 0.0746. The fraction of sp³-hybridized carbons (Fsp3) is 0.263. The molecular formula is C19H18F2N2O2. The molecule has 0 aliphatic carbocycles. The third kappa shape index (κ3) is 3.68. The number of halogens is 2. The molecule has 0 atom stereocenters. The summed E-state index contributed by atoms with van der Waals surface area (Å²) in [6, 6.07) is 10.0. The maximum atomic E-state index is 14.2. The van der Waals surface area contributed by atoms with E-state index >= 15 is 0 Å². The highest BCUT2D eigenvalue weighted by Crippen LogP contribution is 2.23. The van der Waals surface area contributed by atoms with Crippen molar-refractivity contribution in [1.82, 2.24) is 4.90 Å². The van der Waals surface area contributed by atoms with E-state index in [4.69, 9.17) is 0 Å². The van der Waals surface area contributed by atoms with Crippen LogP contribution in [0.15, 0.2) is 42.5 Å². The normalized spacial score (nSPS) is 14.5. The van der Waals surface area contributed by atoms with Gasteiger partial charge in [-0.2, -0.15) is 0 Å². The standard InChI is InChI=1S/C19H18F2N2O2/c1-13(24)14-5-6-18(17(21)12-14)22-7-9-23(10-8-22)19(25)15-3-2-4-16(20)11-15/h2-6,11-12H,7-10H2,1H3. The number of amides is 1. The zero-order chi connectivity index (χ0) is 18.0. The molecular weight excluding hydrogens is 326 g/mol. The lowest BCUT2D eigenvalue weighted by Crippen LogP contribution is -2.49. The van der Waals surface area contributed by atoms with Gasteiger partial charge in [-0.05, 0) is 43.3 Å². The second kappa shape index (κ2) is 7.01. The molecule has 0 spiro atoms. The molecule has 1 aliphatic rings. The first-order valence-electron chi connectivity index (χ1n) is 8.06. The first-order chi connectivity index (χ1) is 12.0. The van der Waals surface area contributed by atoms with Crippen molar-refractivity contribution < 1.29 is 18.4 Å². The SMILES string of the molecule is CC(=O)c1ccc(N2CCN(C(=O)c3cccc(F)c3)CC2)c(F)c1. The molecule has 1 amide bonds. The summed E-state index contributed by atoms with van der Waals surface area (Å²) in [4.78, 5) is 27.2. The molecule has 0 radical (unpaired) electrons. The van der Waals surface area contributed by atoms with Gasteiger partial charge in [-0.25, -0.2) is 8.78 Å². The zero-order valence-electron chi connectivity index (χ0n) is 13.8. The van der Waals surface area contributed by atoms with Crippen LogP contribution in [0.3, 0.4) is 0 Å². The summed E-state index contributed by atoms with van der Waals surface area (Å²) in [7, 11) is 0. The van der Waals surface area contributed by atoms with Gasteiger partial charge in [0.05, 0.1) is 5.69 Å². The van der Waals surface area contributed by atoms with Crippen LogP contribution < -0.4 is 4.90 Å². The molecule has 4 nitrogen and oxygen atoms in total. The zero-order valence-corrected chi connectivity index (χ0v) is 13.8. The quantitative estimate of drug-likeness (QED) is 0.803. The Morgan fingerprint density at radius 2 is 1.64 bits per heavy atom. The Morgan fingerprint density at radius 3 is 2.24 bits per heavy atom. The number of nitrogens with zero attached hydrogens (tertiary/aromatic N) is 2. The van der Waals surface area contributed by atoms with Crippen LogP contribution in [0.2, 0.25) is 0 Å². The van der Waals surface area contributed by atoms with Gasteiger partial charge in [-0.3, -0.25) is 9.59 Å². The molecule has 1 fully saturated rings. The van der Waals surface area contributed by atoms with Gasteiger partial charge in [0.15, 0.2) is 5.78 Å². The maximum Gasteiger partial charge on any atom is 0.254 e. The van der Waals surface area contributed by atoms with Crippen LogP contribution in [0.25, 0.3) is 0 Å². The molecule has 25 heavy (non-hydrogen) atoms. The van der Waals surface area contributed by atoms with Crippen molar-refractivity contribution in [3.8, 4) is 0 Å². The number of rotatable bonds is 3. The molecule has 130 valence electrons. The number of hydrogen-bond acceptors (Lipinski definition) is 3. The van der Waals surface area contributed by atoms with Crippen molar-refractivity contribution in [2.45, 2.75) is 6.92 Å². The predicted octanol–water partition coefficient (Wildman–Crippen LogP) is 3.13. The smallest absolute Gasteiger partial charge is 0.254 e. The predicted molar refractivity (Wildman–Crippen MR) is 90.9 cm³/mol. The molecule has 3 rings (SSSR count). The molecule has 0 unspecified atom stereocenters. The number of carbonyl (C=O) groups is 2. The summed E-state index contributed by atoms with van der Waals surface area (Å²) >= 11 is 0. The highest BCUT2D eigenvalue weighted by molar-refractivity contribution is 5.95. The Bertz CT molecular complexity index is 815. The number of hydrogen-bond donors (Lipinski definition) is 0. The summed E-state index contributed by atoms with van der Waals surface area (Å²) in [6.07, 6.45) is 0. The van der Waals surface area contributed by atoms with Crippen LogP contribution >= 0.6 is 0 Å². The number of ketones is 1. The Balaban J connectivity index is 1.68. The van der Waals surface area contributed by atoms with Crippen LogP contribution in [0.5, 0.6) is 0 Å². The van der Waals surface area contributed by atoms with Crippen molar-refractivity contribution in [2.75, 3.05) is 31.1 Å². The van der Waals surface area contributed by atoms with E-state index < -0.39 is 11.6 Å². The van der Waals surface area contributed by atoms with E-state index in [9.17, 15) is 18.4 Å². The summed E-state index contributed by atoms with van der Waals surface area (Å²) in [6.45, 7) is 3.17. The fourth-order valence-electron chi connectivity index (χ4n) is 2.94.